The minimum absolute atomic E-state index is 0.119. The van der Waals surface area contributed by atoms with Crippen LogP contribution in [0.5, 0.6) is 0 Å². The lowest BCUT2D eigenvalue weighted by atomic mass is 9.77. The van der Waals surface area contributed by atoms with E-state index in [1.807, 2.05) is 13.8 Å². The number of benzene rings is 1. The van der Waals surface area contributed by atoms with Crippen molar-refractivity contribution < 1.29 is 23.1 Å². The number of aliphatic carboxylic acids is 1. The SMILES string of the molecule is CC[C@@]1(C(=O)O)CCCN(c2c(C(C)C)c(C)nc3cc(-c4ccc(C(F)(F)F)cc4)nn23)C1. The highest BCUT2D eigenvalue weighted by Gasteiger charge is 2.42. The van der Waals surface area contributed by atoms with Crippen LogP contribution in [0.3, 0.4) is 0 Å². The second kappa shape index (κ2) is 8.60. The molecular formula is C25H29F3N4O2. The molecule has 3 aromatic rings. The Morgan fingerprint density at radius 2 is 1.91 bits per heavy atom. The van der Waals surface area contributed by atoms with Crippen LogP contribution in [0.15, 0.2) is 30.3 Å². The average Bonchev–Trinajstić information content (AvgIpc) is 3.20. The smallest absolute Gasteiger partial charge is 0.416 e. The molecule has 0 radical (unpaired) electrons. The molecule has 0 unspecified atom stereocenters. The van der Waals surface area contributed by atoms with Gasteiger partial charge in [0.25, 0.3) is 0 Å². The summed E-state index contributed by atoms with van der Waals surface area (Å²) in [5.41, 5.74) is 1.93. The van der Waals surface area contributed by atoms with Crippen molar-refractivity contribution in [1.82, 2.24) is 14.6 Å². The van der Waals surface area contributed by atoms with Gasteiger partial charge in [-0.2, -0.15) is 22.8 Å². The van der Waals surface area contributed by atoms with Gasteiger partial charge in [0, 0.05) is 36.0 Å². The number of carboxylic acids is 1. The molecule has 1 aliphatic heterocycles. The number of carbonyl (C=O) groups is 1. The Morgan fingerprint density at radius 1 is 1.24 bits per heavy atom. The van der Waals surface area contributed by atoms with E-state index >= 15 is 0 Å². The maximum atomic E-state index is 13.0. The second-order valence-corrected chi connectivity index (χ2v) is 9.43. The van der Waals surface area contributed by atoms with Crippen molar-refractivity contribution in [3.63, 3.8) is 0 Å². The summed E-state index contributed by atoms with van der Waals surface area (Å²) >= 11 is 0. The maximum absolute atomic E-state index is 13.0. The van der Waals surface area contributed by atoms with Crippen LogP contribution < -0.4 is 4.90 Å². The van der Waals surface area contributed by atoms with Crippen LogP contribution in [0.4, 0.5) is 19.0 Å². The predicted octanol–water partition coefficient (Wildman–Crippen LogP) is 5.93. The monoisotopic (exact) mass is 474 g/mol. The zero-order valence-corrected chi connectivity index (χ0v) is 19.8. The molecule has 1 fully saturated rings. The Labute approximate surface area is 196 Å². The van der Waals surface area contributed by atoms with Gasteiger partial charge in [-0.1, -0.05) is 32.9 Å². The van der Waals surface area contributed by atoms with E-state index in [0.717, 1.165) is 35.6 Å². The minimum atomic E-state index is -4.40. The molecule has 1 atom stereocenters. The quantitative estimate of drug-likeness (QED) is 0.496. The van der Waals surface area contributed by atoms with Crippen LogP contribution in [-0.2, 0) is 11.0 Å². The fourth-order valence-electron chi connectivity index (χ4n) is 4.99. The van der Waals surface area contributed by atoms with E-state index in [1.54, 1.807) is 10.6 Å². The number of piperidine rings is 1. The normalized spacial score (nSPS) is 19.2. The van der Waals surface area contributed by atoms with Crippen molar-refractivity contribution in [1.29, 1.82) is 0 Å². The number of hydrogen-bond acceptors (Lipinski definition) is 4. The number of alkyl halides is 3. The summed E-state index contributed by atoms with van der Waals surface area (Å²) < 4.78 is 40.7. The van der Waals surface area contributed by atoms with Gasteiger partial charge >= 0.3 is 12.1 Å². The third-order valence-electron chi connectivity index (χ3n) is 6.90. The summed E-state index contributed by atoms with van der Waals surface area (Å²) in [4.78, 5) is 19.0. The number of carboxylic acid groups (broad SMARTS) is 1. The molecule has 1 saturated heterocycles. The van der Waals surface area contributed by atoms with E-state index in [0.29, 0.717) is 42.8 Å². The number of rotatable bonds is 5. The summed E-state index contributed by atoms with van der Waals surface area (Å²) in [5, 5.41) is 14.7. The largest absolute Gasteiger partial charge is 0.481 e. The van der Waals surface area contributed by atoms with Crippen LogP contribution in [0.25, 0.3) is 16.9 Å². The van der Waals surface area contributed by atoms with Crippen molar-refractivity contribution in [2.75, 3.05) is 18.0 Å². The van der Waals surface area contributed by atoms with E-state index in [9.17, 15) is 23.1 Å². The minimum Gasteiger partial charge on any atom is -0.481 e. The fourth-order valence-corrected chi connectivity index (χ4v) is 4.99. The summed E-state index contributed by atoms with van der Waals surface area (Å²) in [6.45, 7) is 9.03. The van der Waals surface area contributed by atoms with Gasteiger partial charge in [0.2, 0.25) is 0 Å². The number of fused-ring (bicyclic) bond motifs is 1. The first-order chi connectivity index (χ1) is 16.0. The Bertz CT molecular complexity index is 1220. The molecule has 1 aromatic carbocycles. The first-order valence-electron chi connectivity index (χ1n) is 11.5. The molecule has 0 spiro atoms. The van der Waals surface area contributed by atoms with Crippen LogP contribution in [-0.4, -0.2) is 38.8 Å². The molecule has 9 heteroatoms. The van der Waals surface area contributed by atoms with Gasteiger partial charge in [-0.3, -0.25) is 4.79 Å². The van der Waals surface area contributed by atoms with Crippen molar-refractivity contribution in [3.8, 4) is 11.3 Å². The second-order valence-electron chi connectivity index (χ2n) is 9.43. The molecule has 182 valence electrons. The van der Waals surface area contributed by atoms with Crippen molar-refractivity contribution >= 4 is 17.4 Å². The molecule has 0 bridgehead atoms. The number of halogens is 3. The van der Waals surface area contributed by atoms with Crippen molar-refractivity contribution in [2.45, 2.75) is 59.1 Å². The third-order valence-corrected chi connectivity index (χ3v) is 6.90. The summed E-state index contributed by atoms with van der Waals surface area (Å²) in [6, 6.07) is 6.68. The lowest BCUT2D eigenvalue weighted by Gasteiger charge is -2.41. The van der Waals surface area contributed by atoms with E-state index in [2.05, 4.69) is 18.7 Å². The number of anilines is 1. The van der Waals surface area contributed by atoms with E-state index < -0.39 is 23.1 Å². The summed E-state index contributed by atoms with van der Waals surface area (Å²) in [5.74, 6) is 0.140. The predicted molar refractivity (Wildman–Crippen MR) is 124 cm³/mol. The lowest BCUT2D eigenvalue weighted by molar-refractivity contribution is -0.149. The fraction of sp³-hybridized carbons (Fsp3) is 0.480. The molecule has 1 aliphatic rings. The molecule has 0 saturated carbocycles. The molecule has 1 N–H and O–H groups in total. The summed E-state index contributed by atoms with van der Waals surface area (Å²) in [6.07, 6.45) is -2.51. The highest BCUT2D eigenvalue weighted by molar-refractivity contribution is 5.76. The number of aryl methyl sites for hydroxylation is 1. The third kappa shape index (κ3) is 4.12. The molecule has 6 nitrogen and oxygen atoms in total. The topological polar surface area (TPSA) is 70.7 Å². The van der Waals surface area contributed by atoms with Gasteiger partial charge < -0.3 is 10.0 Å². The lowest BCUT2D eigenvalue weighted by Crippen LogP contribution is -2.48. The van der Waals surface area contributed by atoms with Gasteiger partial charge in [0.1, 0.15) is 5.82 Å². The first kappa shape index (κ1) is 24.0. The number of aromatic nitrogens is 3. The molecule has 34 heavy (non-hydrogen) atoms. The van der Waals surface area contributed by atoms with Crippen molar-refractivity contribution in [2.24, 2.45) is 5.41 Å². The zero-order valence-electron chi connectivity index (χ0n) is 19.8. The molecular weight excluding hydrogens is 445 g/mol. The number of nitrogens with zero attached hydrogens (tertiary/aromatic N) is 4. The van der Waals surface area contributed by atoms with Gasteiger partial charge in [-0.25, -0.2) is 4.98 Å². The molecule has 2 aromatic heterocycles. The molecule has 4 rings (SSSR count). The Balaban J connectivity index is 1.86. The standard InChI is InChI=1S/C25H29F3N4O2/c1-5-24(23(33)34)11-6-12-31(14-24)22-21(15(2)3)16(4)29-20-13-19(30-32(20)22)17-7-9-18(10-8-17)25(26,27)28/h7-10,13,15H,5-6,11-12,14H2,1-4H3,(H,33,34)/t24-/m1/s1. The van der Waals surface area contributed by atoms with Crippen LogP contribution in [0.1, 0.15) is 62.8 Å². The van der Waals surface area contributed by atoms with Gasteiger partial charge in [0.15, 0.2) is 5.65 Å². The summed E-state index contributed by atoms with van der Waals surface area (Å²) in [7, 11) is 0. The zero-order chi connectivity index (χ0) is 24.8. The Morgan fingerprint density at radius 3 is 2.47 bits per heavy atom. The average molecular weight is 475 g/mol. The van der Waals surface area contributed by atoms with Crippen LogP contribution in [0.2, 0.25) is 0 Å². The van der Waals surface area contributed by atoms with Crippen LogP contribution >= 0.6 is 0 Å². The maximum Gasteiger partial charge on any atom is 0.416 e. The van der Waals surface area contributed by atoms with Gasteiger partial charge in [0.05, 0.1) is 16.7 Å². The van der Waals surface area contributed by atoms with Gasteiger partial charge in [-0.15, -0.1) is 0 Å². The molecule has 3 heterocycles. The highest BCUT2D eigenvalue weighted by Crippen LogP contribution is 2.39. The number of hydrogen-bond donors (Lipinski definition) is 1. The molecule has 0 amide bonds. The first-order valence-corrected chi connectivity index (χ1v) is 11.5. The van der Waals surface area contributed by atoms with E-state index in [1.165, 1.54) is 12.1 Å². The van der Waals surface area contributed by atoms with Crippen molar-refractivity contribution in [3.05, 3.63) is 47.2 Å². The van der Waals surface area contributed by atoms with E-state index in [-0.39, 0.29) is 5.92 Å². The Hall–Kier alpha value is -3.10. The van der Waals surface area contributed by atoms with Gasteiger partial charge in [-0.05, 0) is 44.2 Å². The van der Waals surface area contributed by atoms with Crippen LogP contribution in [0, 0.1) is 12.3 Å². The highest BCUT2D eigenvalue weighted by atomic mass is 19.4. The van der Waals surface area contributed by atoms with E-state index in [4.69, 9.17) is 10.1 Å². The molecule has 0 aliphatic carbocycles. The Kier molecular flexibility index (Phi) is 6.08.